The van der Waals surface area contributed by atoms with Crippen LogP contribution in [0, 0.1) is 5.92 Å². The fourth-order valence-electron chi connectivity index (χ4n) is 4.42. The van der Waals surface area contributed by atoms with E-state index >= 15 is 0 Å². The van der Waals surface area contributed by atoms with Crippen LogP contribution in [0.25, 0.3) is 0 Å². The normalized spacial score (nSPS) is 17.4. The van der Waals surface area contributed by atoms with Gasteiger partial charge in [-0.1, -0.05) is 30.3 Å². The largest absolute Gasteiger partial charge is 0.339 e. The Hall–Kier alpha value is -2.34. The molecule has 2 aliphatic rings. The molecule has 5 nitrogen and oxygen atoms in total. The molecule has 2 heterocycles. The quantitative estimate of drug-likeness (QED) is 0.755. The van der Waals surface area contributed by atoms with Crippen LogP contribution in [0.5, 0.6) is 0 Å². The number of nitrogens with zero attached hydrogens (tertiary/aromatic N) is 2. The molecule has 1 amide bonds. The van der Waals surface area contributed by atoms with Gasteiger partial charge in [0.2, 0.25) is 10.0 Å². The molecule has 0 bridgehead atoms. The van der Waals surface area contributed by atoms with Crippen molar-refractivity contribution in [3.05, 3.63) is 65.2 Å². The van der Waals surface area contributed by atoms with Crippen LogP contribution in [0.2, 0.25) is 0 Å². The van der Waals surface area contributed by atoms with Gasteiger partial charge < -0.3 is 4.90 Å². The van der Waals surface area contributed by atoms with E-state index in [4.69, 9.17) is 0 Å². The van der Waals surface area contributed by atoms with Crippen LogP contribution in [0.1, 0.15) is 41.3 Å². The SMILES string of the molecule is CCS(=O)(=O)N1CCc2cc(C(=O)N3CCC(Cc4ccccc4)CC3)ccc21. The molecule has 0 saturated carbocycles. The highest BCUT2D eigenvalue weighted by atomic mass is 32.2. The number of hydrogen-bond donors (Lipinski definition) is 0. The summed E-state index contributed by atoms with van der Waals surface area (Å²) in [6.45, 7) is 3.69. The van der Waals surface area contributed by atoms with Crippen LogP contribution in [0.4, 0.5) is 5.69 Å². The van der Waals surface area contributed by atoms with E-state index < -0.39 is 10.0 Å². The number of sulfonamides is 1. The van der Waals surface area contributed by atoms with Gasteiger partial charge in [-0.05, 0) is 67.9 Å². The summed E-state index contributed by atoms with van der Waals surface area (Å²) >= 11 is 0. The molecule has 0 atom stereocenters. The highest BCUT2D eigenvalue weighted by Crippen LogP contribution is 2.32. The molecule has 154 valence electrons. The number of piperidine rings is 1. The lowest BCUT2D eigenvalue weighted by atomic mass is 9.90. The molecule has 2 aromatic carbocycles. The van der Waals surface area contributed by atoms with Gasteiger partial charge in [-0.25, -0.2) is 8.42 Å². The van der Waals surface area contributed by atoms with E-state index in [-0.39, 0.29) is 11.7 Å². The zero-order valence-electron chi connectivity index (χ0n) is 16.9. The van der Waals surface area contributed by atoms with E-state index in [1.807, 2.05) is 17.0 Å². The van der Waals surface area contributed by atoms with Gasteiger partial charge in [0, 0.05) is 25.2 Å². The second-order valence-electron chi connectivity index (χ2n) is 7.99. The minimum absolute atomic E-state index is 0.0581. The Bertz CT molecular complexity index is 980. The first-order valence-electron chi connectivity index (χ1n) is 10.4. The maximum atomic E-state index is 13.0. The fourth-order valence-corrected chi connectivity index (χ4v) is 5.58. The molecule has 0 N–H and O–H groups in total. The van der Waals surface area contributed by atoms with Crippen molar-refractivity contribution in [2.45, 2.75) is 32.6 Å². The first-order valence-corrected chi connectivity index (χ1v) is 12.1. The van der Waals surface area contributed by atoms with Crippen molar-refractivity contribution < 1.29 is 13.2 Å². The average Bonchev–Trinajstić information content (AvgIpc) is 3.19. The highest BCUT2D eigenvalue weighted by molar-refractivity contribution is 7.92. The Kier molecular flexibility index (Phi) is 5.63. The van der Waals surface area contributed by atoms with Gasteiger partial charge >= 0.3 is 0 Å². The Morgan fingerprint density at radius 1 is 1.03 bits per heavy atom. The molecule has 6 heteroatoms. The molecule has 29 heavy (non-hydrogen) atoms. The molecule has 0 spiro atoms. The molecule has 0 radical (unpaired) electrons. The maximum absolute atomic E-state index is 13.0. The summed E-state index contributed by atoms with van der Waals surface area (Å²) in [5.41, 5.74) is 3.71. The van der Waals surface area contributed by atoms with Gasteiger partial charge in [-0.15, -0.1) is 0 Å². The van der Waals surface area contributed by atoms with E-state index in [2.05, 4.69) is 24.3 Å². The Balaban J connectivity index is 1.40. The fraction of sp³-hybridized carbons (Fsp3) is 0.435. The van der Waals surface area contributed by atoms with E-state index in [9.17, 15) is 13.2 Å². The summed E-state index contributed by atoms with van der Waals surface area (Å²) in [5.74, 6) is 0.766. The second-order valence-corrected chi connectivity index (χ2v) is 10.2. The lowest BCUT2D eigenvalue weighted by molar-refractivity contribution is 0.0690. The van der Waals surface area contributed by atoms with Gasteiger partial charge in [0.1, 0.15) is 0 Å². The van der Waals surface area contributed by atoms with E-state index in [1.54, 1.807) is 19.1 Å². The van der Waals surface area contributed by atoms with Crippen LogP contribution < -0.4 is 4.31 Å². The second kappa shape index (κ2) is 8.19. The van der Waals surface area contributed by atoms with Crippen molar-refractivity contribution in [3.63, 3.8) is 0 Å². The molecular formula is C23H28N2O3S. The third-order valence-corrected chi connectivity index (χ3v) is 7.93. The van der Waals surface area contributed by atoms with Gasteiger partial charge in [-0.3, -0.25) is 9.10 Å². The topological polar surface area (TPSA) is 57.7 Å². The van der Waals surface area contributed by atoms with Gasteiger partial charge in [-0.2, -0.15) is 0 Å². The van der Waals surface area contributed by atoms with Crippen LogP contribution in [-0.2, 0) is 22.9 Å². The number of anilines is 1. The molecule has 0 unspecified atom stereocenters. The van der Waals surface area contributed by atoms with Crippen molar-refractivity contribution in [1.82, 2.24) is 4.90 Å². The molecule has 1 fully saturated rings. The summed E-state index contributed by atoms with van der Waals surface area (Å²) in [4.78, 5) is 14.9. The van der Waals surface area contributed by atoms with Crippen molar-refractivity contribution in [2.75, 3.05) is 29.7 Å². The monoisotopic (exact) mass is 412 g/mol. The third-order valence-electron chi connectivity index (χ3n) is 6.15. The Morgan fingerprint density at radius 3 is 2.45 bits per heavy atom. The number of carbonyl (C=O) groups is 1. The minimum Gasteiger partial charge on any atom is -0.339 e. The third kappa shape index (κ3) is 4.17. The van der Waals surface area contributed by atoms with E-state index in [0.717, 1.165) is 43.6 Å². The highest BCUT2D eigenvalue weighted by Gasteiger charge is 2.30. The number of rotatable bonds is 5. The van der Waals surface area contributed by atoms with Crippen LogP contribution in [0.3, 0.4) is 0 Å². The smallest absolute Gasteiger partial charge is 0.253 e. The molecule has 2 aromatic rings. The van der Waals surface area contributed by atoms with Gasteiger partial charge in [0.15, 0.2) is 0 Å². The Labute approximate surface area is 173 Å². The summed E-state index contributed by atoms with van der Waals surface area (Å²) in [6.07, 6.45) is 3.78. The van der Waals surface area contributed by atoms with E-state index in [1.165, 1.54) is 9.87 Å². The molecule has 0 aliphatic carbocycles. The number of likely N-dealkylation sites (tertiary alicyclic amines) is 1. The zero-order chi connectivity index (χ0) is 20.4. The predicted molar refractivity (Wildman–Crippen MR) is 116 cm³/mol. The maximum Gasteiger partial charge on any atom is 0.253 e. The number of carbonyl (C=O) groups excluding carboxylic acids is 1. The standard InChI is InChI=1S/C23H28N2O3S/c1-2-29(27,28)25-15-12-20-17-21(8-9-22(20)25)23(26)24-13-10-19(11-14-24)16-18-6-4-3-5-7-18/h3-9,17,19H,2,10-16H2,1H3. The summed E-state index contributed by atoms with van der Waals surface area (Å²) in [7, 11) is -3.26. The number of hydrogen-bond acceptors (Lipinski definition) is 3. The van der Waals surface area contributed by atoms with Crippen LogP contribution in [0.15, 0.2) is 48.5 Å². The lowest BCUT2D eigenvalue weighted by Gasteiger charge is -2.32. The van der Waals surface area contributed by atoms with Crippen molar-refractivity contribution >= 4 is 21.6 Å². The number of amides is 1. The van der Waals surface area contributed by atoms with Gasteiger partial charge in [0.05, 0.1) is 11.4 Å². The molecule has 2 aliphatic heterocycles. The van der Waals surface area contributed by atoms with Gasteiger partial charge in [0.25, 0.3) is 5.91 Å². The number of fused-ring (bicyclic) bond motifs is 1. The molecule has 0 aromatic heterocycles. The first kappa shape index (κ1) is 20.0. The average molecular weight is 413 g/mol. The lowest BCUT2D eigenvalue weighted by Crippen LogP contribution is -2.39. The van der Waals surface area contributed by atoms with Crippen molar-refractivity contribution in [1.29, 1.82) is 0 Å². The predicted octanol–water partition coefficient (Wildman–Crippen LogP) is 3.49. The molecule has 1 saturated heterocycles. The summed E-state index contributed by atoms with van der Waals surface area (Å²) in [5, 5.41) is 0. The summed E-state index contributed by atoms with van der Waals surface area (Å²) < 4.78 is 26.0. The van der Waals surface area contributed by atoms with Crippen LogP contribution in [-0.4, -0.2) is 44.6 Å². The molecular weight excluding hydrogens is 384 g/mol. The minimum atomic E-state index is -3.26. The molecule has 4 rings (SSSR count). The van der Waals surface area contributed by atoms with Crippen molar-refractivity contribution in [3.8, 4) is 0 Å². The number of benzene rings is 2. The van der Waals surface area contributed by atoms with E-state index in [0.29, 0.717) is 24.4 Å². The first-order chi connectivity index (χ1) is 14.0. The van der Waals surface area contributed by atoms with Crippen molar-refractivity contribution in [2.24, 2.45) is 5.92 Å². The summed E-state index contributed by atoms with van der Waals surface area (Å²) in [6, 6.07) is 16.0. The van der Waals surface area contributed by atoms with Crippen LogP contribution >= 0.6 is 0 Å². The zero-order valence-corrected chi connectivity index (χ0v) is 17.7. The Morgan fingerprint density at radius 2 is 1.76 bits per heavy atom.